The maximum Gasteiger partial charge on any atom is 0.164 e. The summed E-state index contributed by atoms with van der Waals surface area (Å²) in [5, 5.41) is 0. The summed E-state index contributed by atoms with van der Waals surface area (Å²) < 4.78 is 2.17. The first-order valence-corrected chi connectivity index (χ1v) is 6.34. The fraction of sp³-hybridized carbons (Fsp3) is 0.333. The second-order valence-electron chi connectivity index (χ2n) is 4.92. The van der Waals surface area contributed by atoms with Gasteiger partial charge >= 0.3 is 0 Å². The molecule has 0 unspecified atom stereocenters. The Kier molecular flexibility index (Phi) is 2.54. The molecule has 0 aromatic carbocycles. The summed E-state index contributed by atoms with van der Waals surface area (Å²) in [7, 11) is 0. The van der Waals surface area contributed by atoms with E-state index in [0.717, 1.165) is 41.2 Å². The number of aromatic nitrogens is 2. The third-order valence-electron chi connectivity index (χ3n) is 3.56. The fourth-order valence-corrected chi connectivity index (χ4v) is 2.68. The monoisotopic (exact) mass is 240 g/mol. The number of carbonyl (C=O) groups excluding carboxylic acids is 1. The number of fused-ring (bicyclic) bond motifs is 1. The van der Waals surface area contributed by atoms with Crippen LogP contribution in [0.2, 0.25) is 0 Å². The van der Waals surface area contributed by atoms with Gasteiger partial charge in [-0.05, 0) is 44.9 Å². The van der Waals surface area contributed by atoms with Gasteiger partial charge in [0.05, 0.1) is 11.9 Å². The van der Waals surface area contributed by atoms with Crippen LogP contribution in [-0.4, -0.2) is 15.3 Å². The van der Waals surface area contributed by atoms with Crippen molar-refractivity contribution in [3.05, 3.63) is 47.0 Å². The largest absolute Gasteiger partial charge is 0.316 e. The highest BCUT2D eigenvalue weighted by Crippen LogP contribution is 2.27. The molecule has 0 bridgehead atoms. The van der Waals surface area contributed by atoms with Gasteiger partial charge in [-0.3, -0.25) is 9.78 Å². The van der Waals surface area contributed by atoms with Crippen LogP contribution in [0, 0.1) is 13.8 Å². The zero-order valence-corrected chi connectivity index (χ0v) is 10.7. The minimum atomic E-state index is 0.276. The van der Waals surface area contributed by atoms with Crippen LogP contribution in [0.25, 0.3) is 5.69 Å². The number of nitrogens with zero attached hydrogens (tertiary/aromatic N) is 2. The van der Waals surface area contributed by atoms with Crippen molar-refractivity contribution >= 4 is 5.78 Å². The molecule has 3 rings (SSSR count). The minimum absolute atomic E-state index is 0.276. The quantitative estimate of drug-likeness (QED) is 0.768. The molecule has 0 fully saturated rings. The smallest absolute Gasteiger partial charge is 0.164 e. The predicted molar refractivity (Wildman–Crippen MR) is 70.3 cm³/mol. The van der Waals surface area contributed by atoms with Gasteiger partial charge in [0, 0.05) is 29.1 Å². The molecule has 0 spiro atoms. The van der Waals surface area contributed by atoms with E-state index in [9.17, 15) is 4.79 Å². The van der Waals surface area contributed by atoms with Crippen LogP contribution in [0.15, 0.2) is 24.4 Å². The van der Waals surface area contributed by atoms with E-state index in [4.69, 9.17) is 0 Å². The lowest BCUT2D eigenvalue weighted by atomic mass is 9.96. The number of aryl methyl sites for hydroxylation is 2. The molecule has 0 aliphatic heterocycles. The van der Waals surface area contributed by atoms with Crippen LogP contribution in [0.4, 0.5) is 0 Å². The van der Waals surface area contributed by atoms with Crippen molar-refractivity contribution in [2.75, 3.05) is 0 Å². The third-order valence-corrected chi connectivity index (χ3v) is 3.56. The zero-order valence-electron chi connectivity index (χ0n) is 10.7. The van der Waals surface area contributed by atoms with E-state index < -0.39 is 0 Å². The Morgan fingerprint density at radius 3 is 2.78 bits per heavy atom. The Bertz CT molecular complexity index is 608. The lowest BCUT2D eigenvalue weighted by Gasteiger charge is -2.15. The van der Waals surface area contributed by atoms with Crippen LogP contribution in [0.5, 0.6) is 0 Å². The van der Waals surface area contributed by atoms with E-state index in [1.54, 1.807) is 0 Å². The first kappa shape index (κ1) is 11.2. The molecule has 0 amide bonds. The van der Waals surface area contributed by atoms with Crippen LogP contribution in [-0.2, 0) is 6.42 Å². The van der Waals surface area contributed by atoms with Crippen molar-refractivity contribution in [1.29, 1.82) is 0 Å². The Labute approximate surface area is 106 Å². The van der Waals surface area contributed by atoms with E-state index in [2.05, 4.69) is 15.6 Å². The number of carbonyl (C=O) groups is 1. The van der Waals surface area contributed by atoms with Crippen molar-refractivity contribution in [2.45, 2.75) is 33.1 Å². The number of hydrogen-bond donors (Lipinski definition) is 0. The highest BCUT2D eigenvalue weighted by atomic mass is 16.1. The lowest BCUT2D eigenvalue weighted by molar-refractivity contribution is 0.0972. The van der Waals surface area contributed by atoms with Crippen LogP contribution < -0.4 is 0 Å². The summed E-state index contributed by atoms with van der Waals surface area (Å²) in [6.45, 7) is 4.02. The number of ketones is 1. The van der Waals surface area contributed by atoms with E-state index >= 15 is 0 Å². The molecular formula is C15H16N2O. The lowest BCUT2D eigenvalue weighted by Crippen LogP contribution is -2.12. The van der Waals surface area contributed by atoms with Crippen LogP contribution in [0.1, 0.15) is 40.3 Å². The van der Waals surface area contributed by atoms with E-state index in [1.807, 2.05) is 32.2 Å². The minimum Gasteiger partial charge on any atom is -0.316 e. The summed E-state index contributed by atoms with van der Waals surface area (Å²) in [6, 6.07) is 6.08. The Morgan fingerprint density at radius 2 is 2.06 bits per heavy atom. The van der Waals surface area contributed by atoms with Crippen LogP contribution >= 0.6 is 0 Å². The predicted octanol–water partition coefficient (Wildman–Crippen LogP) is 3.01. The molecule has 3 nitrogen and oxygen atoms in total. The first-order valence-electron chi connectivity index (χ1n) is 6.34. The van der Waals surface area contributed by atoms with Gasteiger partial charge in [0.1, 0.15) is 0 Å². The fourth-order valence-electron chi connectivity index (χ4n) is 2.68. The number of pyridine rings is 1. The molecule has 0 saturated carbocycles. The van der Waals surface area contributed by atoms with Crippen molar-refractivity contribution in [3.8, 4) is 5.69 Å². The summed E-state index contributed by atoms with van der Waals surface area (Å²) in [4.78, 5) is 16.2. The summed E-state index contributed by atoms with van der Waals surface area (Å²) in [5.74, 6) is 0.276. The van der Waals surface area contributed by atoms with Gasteiger partial charge in [-0.25, -0.2) is 0 Å². The number of rotatable bonds is 1. The van der Waals surface area contributed by atoms with Crippen molar-refractivity contribution in [3.63, 3.8) is 0 Å². The maximum absolute atomic E-state index is 11.9. The second-order valence-corrected chi connectivity index (χ2v) is 4.92. The molecular weight excluding hydrogens is 224 g/mol. The standard InChI is InChI=1S/C15H16N2O/c1-10-6-7-12(9-16-10)17-11(2)8-13-14(17)4-3-5-15(13)18/h6-9H,3-5H2,1-2H3. The molecule has 1 aliphatic carbocycles. The highest BCUT2D eigenvalue weighted by molar-refractivity contribution is 5.98. The first-order chi connectivity index (χ1) is 8.66. The van der Waals surface area contributed by atoms with E-state index in [0.29, 0.717) is 6.42 Å². The molecule has 1 aliphatic rings. The molecule has 2 aromatic rings. The van der Waals surface area contributed by atoms with Gasteiger partial charge in [-0.2, -0.15) is 0 Å². The van der Waals surface area contributed by atoms with Gasteiger partial charge in [0.25, 0.3) is 0 Å². The maximum atomic E-state index is 11.9. The summed E-state index contributed by atoms with van der Waals surface area (Å²) in [6.07, 6.45) is 4.49. The van der Waals surface area contributed by atoms with Crippen molar-refractivity contribution in [2.24, 2.45) is 0 Å². The number of Topliss-reactive ketones (excluding diaryl/α,β-unsaturated/α-hetero) is 1. The highest BCUT2D eigenvalue weighted by Gasteiger charge is 2.23. The topological polar surface area (TPSA) is 34.9 Å². The Morgan fingerprint density at radius 1 is 1.22 bits per heavy atom. The van der Waals surface area contributed by atoms with Gasteiger partial charge in [0.15, 0.2) is 5.78 Å². The zero-order chi connectivity index (χ0) is 12.7. The van der Waals surface area contributed by atoms with Crippen LogP contribution in [0.3, 0.4) is 0 Å². The second kappa shape index (κ2) is 4.09. The van der Waals surface area contributed by atoms with Gasteiger partial charge in [-0.15, -0.1) is 0 Å². The van der Waals surface area contributed by atoms with E-state index in [-0.39, 0.29) is 5.78 Å². The molecule has 2 heterocycles. The Hall–Kier alpha value is -1.90. The third kappa shape index (κ3) is 1.67. The van der Waals surface area contributed by atoms with Gasteiger partial charge < -0.3 is 4.57 Å². The molecule has 92 valence electrons. The average molecular weight is 240 g/mol. The van der Waals surface area contributed by atoms with Crippen molar-refractivity contribution < 1.29 is 4.79 Å². The molecule has 2 aromatic heterocycles. The average Bonchev–Trinajstić information content (AvgIpc) is 2.69. The van der Waals surface area contributed by atoms with E-state index in [1.165, 1.54) is 0 Å². The molecule has 18 heavy (non-hydrogen) atoms. The molecule has 0 radical (unpaired) electrons. The van der Waals surface area contributed by atoms with Gasteiger partial charge in [-0.1, -0.05) is 0 Å². The normalized spacial score (nSPS) is 14.7. The summed E-state index contributed by atoms with van der Waals surface area (Å²) >= 11 is 0. The number of hydrogen-bond acceptors (Lipinski definition) is 2. The van der Waals surface area contributed by atoms with Crippen molar-refractivity contribution in [1.82, 2.24) is 9.55 Å². The molecule has 3 heteroatoms. The Balaban J connectivity index is 2.18. The molecule has 0 saturated heterocycles. The molecule has 0 N–H and O–H groups in total. The van der Waals surface area contributed by atoms with Gasteiger partial charge in [0.2, 0.25) is 0 Å². The summed E-state index contributed by atoms with van der Waals surface area (Å²) in [5.41, 5.74) is 5.22. The molecule has 0 atom stereocenters. The SMILES string of the molecule is Cc1ccc(-n2c(C)cc3c2CCCC3=O)cn1.